The van der Waals surface area contributed by atoms with E-state index in [1.807, 2.05) is 0 Å². The monoisotopic (exact) mass is 168 g/mol. The van der Waals surface area contributed by atoms with Gasteiger partial charge in [0.1, 0.15) is 0 Å². The molecule has 13 heavy (non-hydrogen) atoms. The zero-order valence-corrected chi connectivity index (χ0v) is 7.59. The van der Waals surface area contributed by atoms with Crippen LogP contribution in [-0.4, -0.2) is 0 Å². The van der Waals surface area contributed by atoms with Crippen LogP contribution in [0.25, 0.3) is 0 Å². The lowest BCUT2D eigenvalue weighted by Gasteiger charge is -2.27. The van der Waals surface area contributed by atoms with E-state index in [0.29, 0.717) is 5.92 Å². The van der Waals surface area contributed by atoms with E-state index in [2.05, 4.69) is 36.8 Å². The lowest BCUT2D eigenvalue weighted by atomic mass is 9.77. The molecule has 3 aliphatic rings. The molecule has 0 saturated heterocycles. The zero-order valence-electron chi connectivity index (χ0n) is 7.59. The van der Waals surface area contributed by atoms with Crippen molar-refractivity contribution in [2.75, 3.05) is 0 Å². The largest absolute Gasteiger partial charge is 0.0839 e. The molecule has 0 aromatic rings. The molecule has 3 aliphatic carbocycles. The van der Waals surface area contributed by atoms with Gasteiger partial charge in [-0.15, -0.1) is 0 Å². The molecule has 0 aliphatic heterocycles. The Hall–Kier alpha value is -1.04. The van der Waals surface area contributed by atoms with Crippen molar-refractivity contribution in [3.63, 3.8) is 0 Å². The molecule has 0 spiro atoms. The molecule has 0 fully saturated rings. The van der Waals surface area contributed by atoms with Gasteiger partial charge in [-0.25, -0.2) is 0 Å². The van der Waals surface area contributed by atoms with Gasteiger partial charge in [-0.2, -0.15) is 0 Å². The Morgan fingerprint density at radius 2 is 2.38 bits per heavy atom. The summed E-state index contributed by atoms with van der Waals surface area (Å²) in [6, 6.07) is 0. The molecule has 0 aromatic heterocycles. The normalized spacial score (nSPS) is 30.2. The summed E-state index contributed by atoms with van der Waals surface area (Å²) in [6.45, 7) is 0. The number of allylic oxidation sites excluding steroid dienone is 8. The molecular weight excluding hydrogens is 156 g/mol. The molecule has 0 saturated carbocycles. The summed E-state index contributed by atoms with van der Waals surface area (Å²) in [5, 5.41) is 0. The van der Waals surface area contributed by atoms with Crippen molar-refractivity contribution in [1.29, 1.82) is 0 Å². The number of rotatable bonds is 0. The molecule has 1 unspecified atom stereocenters. The predicted octanol–water partition coefficient (Wildman–Crippen LogP) is 3.23. The van der Waals surface area contributed by atoms with Gasteiger partial charge in [-0.1, -0.05) is 41.5 Å². The minimum absolute atomic E-state index is 0.577. The van der Waals surface area contributed by atoms with Crippen molar-refractivity contribution in [3.8, 4) is 0 Å². The number of hydrogen-bond donors (Lipinski definition) is 0. The second-order valence-electron chi connectivity index (χ2n) is 3.83. The smallest absolute Gasteiger partial charge is 0.0205 e. The van der Waals surface area contributed by atoms with E-state index in [0.717, 1.165) is 6.42 Å². The molecule has 0 heterocycles. The van der Waals surface area contributed by atoms with Crippen LogP contribution >= 0.6 is 0 Å². The summed E-state index contributed by atoms with van der Waals surface area (Å²) in [6.07, 6.45) is 18.2. The first-order chi connectivity index (χ1) is 6.45. The average molecular weight is 168 g/mol. The third-order valence-corrected chi connectivity index (χ3v) is 3.08. The molecule has 1 atom stereocenters. The fourth-order valence-electron chi connectivity index (χ4n) is 2.41. The van der Waals surface area contributed by atoms with E-state index in [1.54, 1.807) is 5.57 Å². The second-order valence-corrected chi connectivity index (χ2v) is 3.83. The third kappa shape index (κ3) is 1.05. The van der Waals surface area contributed by atoms with Gasteiger partial charge in [-0.05, 0) is 24.8 Å². The van der Waals surface area contributed by atoms with Crippen LogP contribution in [0.3, 0.4) is 0 Å². The highest BCUT2D eigenvalue weighted by molar-refractivity contribution is 5.50. The van der Waals surface area contributed by atoms with Gasteiger partial charge >= 0.3 is 0 Å². The summed E-state index contributed by atoms with van der Waals surface area (Å²) in [5.74, 6) is 0.577. The Morgan fingerprint density at radius 3 is 3.38 bits per heavy atom. The molecule has 0 N–H and O–H groups in total. The zero-order chi connectivity index (χ0) is 8.67. The lowest BCUT2D eigenvalue weighted by Crippen LogP contribution is -2.13. The van der Waals surface area contributed by atoms with Gasteiger partial charge in [0.2, 0.25) is 0 Å². The van der Waals surface area contributed by atoms with Crippen molar-refractivity contribution in [2.24, 2.45) is 5.92 Å². The summed E-state index contributed by atoms with van der Waals surface area (Å²) >= 11 is 0. The Bertz CT molecular complexity index is 350. The van der Waals surface area contributed by atoms with Crippen molar-refractivity contribution in [3.05, 3.63) is 53.5 Å². The SMILES string of the molecule is [C]1CC2=C(CCC=C2)C2C=CC=C12. The van der Waals surface area contributed by atoms with Gasteiger partial charge in [0.15, 0.2) is 0 Å². The minimum atomic E-state index is 0.577. The highest BCUT2D eigenvalue weighted by Gasteiger charge is 2.26. The van der Waals surface area contributed by atoms with Crippen molar-refractivity contribution in [2.45, 2.75) is 19.3 Å². The van der Waals surface area contributed by atoms with Crippen LogP contribution in [0.4, 0.5) is 0 Å². The first-order valence-corrected chi connectivity index (χ1v) is 4.96. The Balaban J connectivity index is 2.06. The third-order valence-electron chi connectivity index (χ3n) is 3.08. The molecule has 3 rings (SSSR count). The molecule has 0 bridgehead atoms. The van der Waals surface area contributed by atoms with Crippen LogP contribution in [0.5, 0.6) is 0 Å². The van der Waals surface area contributed by atoms with Crippen LogP contribution in [-0.2, 0) is 0 Å². The number of hydrogen-bond acceptors (Lipinski definition) is 0. The van der Waals surface area contributed by atoms with Gasteiger partial charge in [0.05, 0.1) is 0 Å². The van der Waals surface area contributed by atoms with Gasteiger partial charge in [-0.3, -0.25) is 0 Å². The molecule has 2 radical (unpaired) electrons. The lowest BCUT2D eigenvalue weighted by molar-refractivity contribution is 0.751. The van der Waals surface area contributed by atoms with Gasteiger partial charge in [0.25, 0.3) is 0 Å². The van der Waals surface area contributed by atoms with E-state index in [1.165, 1.54) is 24.0 Å². The number of fused-ring (bicyclic) bond motifs is 2. The molecule has 0 heteroatoms. The Labute approximate surface area is 79.3 Å². The van der Waals surface area contributed by atoms with Crippen LogP contribution in [0, 0.1) is 12.3 Å². The van der Waals surface area contributed by atoms with Crippen molar-refractivity contribution >= 4 is 0 Å². The summed E-state index contributed by atoms with van der Waals surface area (Å²) in [4.78, 5) is 0. The first-order valence-electron chi connectivity index (χ1n) is 4.96. The maximum Gasteiger partial charge on any atom is 0.0205 e. The quantitative estimate of drug-likeness (QED) is 0.521. The van der Waals surface area contributed by atoms with Crippen LogP contribution < -0.4 is 0 Å². The fourth-order valence-corrected chi connectivity index (χ4v) is 2.41. The Morgan fingerprint density at radius 1 is 1.38 bits per heavy atom. The van der Waals surface area contributed by atoms with E-state index in [-0.39, 0.29) is 0 Å². The second kappa shape index (κ2) is 2.73. The fraction of sp³-hybridized carbons (Fsp3) is 0.308. The van der Waals surface area contributed by atoms with E-state index in [4.69, 9.17) is 0 Å². The van der Waals surface area contributed by atoms with Crippen LogP contribution in [0.1, 0.15) is 19.3 Å². The first kappa shape index (κ1) is 7.37. The van der Waals surface area contributed by atoms with Crippen LogP contribution in [0.2, 0.25) is 0 Å². The highest BCUT2D eigenvalue weighted by Crippen LogP contribution is 2.41. The predicted molar refractivity (Wildman–Crippen MR) is 54.0 cm³/mol. The molecule has 0 aromatic carbocycles. The molecule has 0 nitrogen and oxygen atoms in total. The van der Waals surface area contributed by atoms with Gasteiger partial charge < -0.3 is 0 Å². The van der Waals surface area contributed by atoms with E-state index >= 15 is 0 Å². The summed E-state index contributed by atoms with van der Waals surface area (Å²) < 4.78 is 0. The van der Waals surface area contributed by atoms with Crippen molar-refractivity contribution < 1.29 is 0 Å². The molecular formula is C13H12. The maximum absolute atomic E-state index is 3.47. The minimum Gasteiger partial charge on any atom is -0.0839 e. The van der Waals surface area contributed by atoms with Crippen molar-refractivity contribution in [1.82, 2.24) is 0 Å². The van der Waals surface area contributed by atoms with Gasteiger partial charge in [0, 0.05) is 12.3 Å². The van der Waals surface area contributed by atoms with Crippen LogP contribution in [0.15, 0.2) is 47.1 Å². The highest BCUT2D eigenvalue weighted by atomic mass is 14.3. The maximum atomic E-state index is 3.47. The van der Waals surface area contributed by atoms with E-state index < -0.39 is 0 Å². The summed E-state index contributed by atoms with van der Waals surface area (Å²) in [5.41, 5.74) is 4.55. The molecule has 0 amide bonds. The standard InChI is InChI=1S/C13H12/c1-2-6-12-10(4-1)8-9-11-5-3-7-13(11)12/h1,3-5,7,13H,2,6,8H2. The topological polar surface area (TPSA) is 0 Å². The summed E-state index contributed by atoms with van der Waals surface area (Å²) in [7, 11) is 0. The van der Waals surface area contributed by atoms with E-state index in [9.17, 15) is 0 Å². The average Bonchev–Trinajstić information content (AvgIpc) is 2.65. The molecule has 64 valence electrons. The Kier molecular flexibility index (Phi) is 1.55.